The Bertz CT molecular complexity index is 667. The summed E-state index contributed by atoms with van der Waals surface area (Å²) in [5, 5.41) is 15.4. The van der Waals surface area contributed by atoms with Crippen LogP contribution in [0, 0.1) is 0 Å². The molecule has 0 unspecified atom stereocenters. The molecular formula is C9H6N4O. The molecule has 0 saturated carbocycles. The normalized spacial score (nSPS) is 11.1. The van der Waals surface area contributed by atoms with Crippen molar-refractivity contribution in [1.29, 1.82) is 0 Å². The maximum Gasteiger partial charge on any atom is 0.272 e. The number of H-pyrrole nitrogens is 2. The van der Waals surface area contributed by atoms with Crippen LogP contribution in [0.15, 0.2) is 29.3 Å². The maximum atomic E-state index is 11.5. The Balaban J connectivity index is 2.81. The van der Waals surface area contributed by atoms with Crippen LogP contribution in [-0.4, -0.2) is 20.4 Å². The fourth-order valence-electron chi connectivity index (χ4n) is 1.62. The molecule has 3 rings (SSSR count). The summed E-state index contributed by atoms with van der Waals surface area (Å²) in [6.45, 7) is 0. The van der Waals surface area contributed by atoms with E-state index in [4.69, 9.17) is 0 Å². The fraction of sp³-hybridized carbons (Fsp3) is 0. The molecule has 68 valence electrons. The van der Waals surface area contributed by atoms with Gasteiger partial charge in [0.2, 0.25) is 0 Å². The first-order valence-electron chi connectivity index (χ1n) is 4.16. The summed E-state index contributed by atoms with van der Waals surface area (Å²) in [5.74, 6) is 0. The minimum Gasteiger partial charge on any atom is -0.285 e. The monoisotopic (exact) mass is 186 g/mol. The summed E-state index contributed by atoms with van der Waals surface area (Å²) in [7, 11) is 0. The highest BCUT2D eigenvalue weighted by Crippen LogP contribution is 2.21. The van der Waals surface area contributed by atoms with Gasteiger partial charge >= 0.3 is 0 Å². The third-order valence-corrected chi connectivity index (χ3v) is 2.25. The van der Waals surface area contributed by atoms with Gasteiger partial charge in [-0.1, -0.05) is 6.07 Å². The summed E-state index contributed by atoms with van der Waals surface area (Å²) in [6, 6.07) is 3.65. The van der Waals surface area contributed by atoms with Gasteiger partial charge in [0, 0.05) is 17.0 Å². The molecule has 0 fully saturated rings. The molecule has 0 spiro atoms. The minimum atomic E-state index is -0.192. The van der Waals surface area contributed by atoms with Crippen molar-refractivity contribution in [2.45, 2.75) is 0 Å². The van der Waals surface area contributed by atoms with Crippen LogP contribution < -0.4 is 5.56 Å². The smallest absolute Gasteiger partial charge is 0.272 e. The predicted molar refractivity (Wildman–Crippen MR) is 52.0 cm³/mol. The van der Waals surface area contributed by atoms with Crippen molar-refractivity contribution in [3.8, 4) is 0 Å². The highest BCUT2D eigenvalue weighted by atomic mass is 16.1. The lowest BCUT2D eigenvalue weighted by Crippen LogP contribution is -2.01. The van der Waals surface area contributed by atoms with Crippen LogP contribution in [-0.2, 0) is 0 Å². The Morgan fingerprint density at radius 2 is 2.21 bits per heavy atom. The second-order valence-corrected chi connectivity index (χ2v) is 3.05. The minimum absolute atomic E-state index is 0.192. The Kier molecular flexibility index (Phi) is 1.25. The van der Waals surface area contributed by atoms with E-state index in [2.05, 4.69) is 20.4 Å². The van der Waals surface area contributed by atoms with Gasteiger partial charge in [0.1, 0.15) is 5.52 Å². The van der Waals surface area contributed by atoms with Crippen LogP contribution in [0.4, 0.5) is 0 Å². The number of aromatic nitrogens is 4. The molecule has 0 aliphatic carbocycles. The zero-order valence-electron chi connectivity index (χ0n) is 7.11. The summed E-state index contributed by atoms with van der Waals surface area (Å²) < 4.78 is 0. The second kappa shape index (κ2) is 2.41. The third-order valence-electron chi connectivity index (χ3n) is 2.25. The van der Waals surface area contributed by atoms with Gasteiger partial charge in [-0.25, -0.2) is 5.10 Å². The molecule has 5 heteroatoms. The van der Waals surface area contributed by atoms with E-state index in [-0.39, 0.29) is 5.56 Å². The van der Waals surface area contributed by atoms with Gasteiger partial charge in [-0.3, -0.25) is 9.89 Å². The molecule has 1 aromatic carbocycles. The van der Waals surface area contributed by atoms with Gasteiger partial charge in [0.15, 0.2) is 0 Å². The fourth-order valence-corrected chi connectivity index (χ4v) is 1.62. The van der Waals surface area contributed by atoms with Crippen LogP contribution in [0.3, 0.4) is 0 Å². The van der Waals surface area contributed by atoms with Crippen LogP contribution in [0.1, 0.15) is 0 Å². The molecule has 3 aromatic rings. The quantitative estimate of drug-likeness (QED) is 0.545. The molecule has 2 aromatic heterocycles. The van der Waals surface area contributed by atoms with Crippen LogP contribution in [0.25, 0.3) is 21.7 Å². The lowest BCUT2D eigenvalue weighted by molar-refractivity contribution is 1.01. The van der Waals surface area contributed by atoms with Crippen molar-refractivity contribution >= 4 is 21.7 Å². The van der Waals surface area contributed by atoms with E-state index < -0.39 is 0 Å². The summed E-state index contributed by atoms with van der Waals surface area (Å²) in [4.78, 5) is 11.5. The predicted octanol–water partition coefficient (Wildman–Crippen LogP) is 0.799. The molecule has 0 aliphatic rings. The van der Waals surface area contributed by atoms with Crippen molar-refractivity contribution < 1.29 is 0 Å². The van der Waals surface area contributed by atoms with Crippen LogP contribution in [0.5, 0.6) is 0 Å². The number of aromatic amines is 2. The number of nitrogens with zero attached hydrogens (tertiary/aromatic N) is 2. The van der Waals surface area contributed by atoms with Crippen LogP contribution >= 0.6 is 0 Å². The van der Waals surface area contributed by atoms with E-state index in [9.17, 15) is 4.79 Å². The first kappa shape index (κ1) is 7.25. The van der Waals surface area contributed by atoms with Gasteiger partial charge < -0.3 is 0 Å². The topological polar surface area (TPSA) is 74.4 Å². The summed E-state index contributed by atoms with van der Waals surface area (Å²) in [6.07, 6.45) is 3.29. The lowest BCUT2D eigenvalue weighted by Gasteiger charge is -1.90. The Labute approximate surface area is 77.8 Å². The molecule has 0 saturated heterocycles. The first-order chi connectivity index (χ1) is 6.86. The second-order valence-electron chi connectivity index (χ2n) is 3.05. The van der Waals surface area contributed by atoms with Crippen molar-refractivity contribution in [2.24, 2.45) is 0 Å². The molecular weight excluding hydrogens is 180 g/mol. The zero-order chi connectivity index (χ0) is 9.54. The summed E-state index contributed by atoms with van der Waals surface area (Å²) in [5.41, 5.74) is 0.490. The van der Waals surface area contributed by atoms with Crippen molar-refractivity contribution in [1.82, 2.24) is 20.4 Å². The molecule has 0 bridgehead atoms. The van der Waals surface area contributed by atoms with E-state index >= 15 is 0 Å². The molecule has 2 heterocycles. The molecule has 5 nitrogen and oxygen atoms in total. The number of nitrogens with one attached hydrogen (secondary N) is 2. The molecule has 0 atom stereocenters. The van der Waals surface area contributed by atoms with E-state index in [1.165, 1.54) is 6.20 Å². The van der Waals surface area contributed by atoms with Gasteiger partial charge in [-0.05, 0) is 6.07 Å². The molecule has 14 heavy (non-hydrogen) atoms. The third kappa shape index (κ3) is 0.806. The zero-order valence-corrected chi connectivity index (χ0v) is 7.11. The van der Waals surface area contributed by atoms with E-state index in [1.54, 1.807) is 12.3 Å². The highest BCUT2D eigenvalue weighted by Gasteiger charge is 2.05. The largest absolute Gasteiger partial charge is 0.285 e. The standard InChI is InChI=1S/C9H6N4O/c14-9-6-2-1-5-3-10-12-7(8(5)6)4-11-13-9/h1-4,10H,(H,13,14). The lowest BCUT2D eigenvalue weighted by atomic mass is 10.2. The molecule has 0 radical (unpaired) electrons. The maximum absolute atomic E-state index is 11.5. The Hall–Kier alpha value is -2.17. The summed E-state index contributed by atoms with van der Waals surface area (Å²) >= 11 is 0. The number of hydrogen-bond acceptors (Lipinski definition) is 3. The van der Waals surface area contributed by atoms with Gasteiger partial charge in [-0.15, -0.1) is 0 Å². The molecule has 0 aliphatic heterocycles. The van der Waals surface area contributed by atoms with Crippen LogP contribution in [0.2, 0.25) is 0 Å². The van der Waals surface area contributed by atoms with Crippen molar-refractivity contribution in [3.05, 3.63) is 34.9 Å². The Morgan fingerprint density at radius 3 is 3.14 bits per heavy atom. The SMILES string of the molecule is O=c1[nH]ncc2n[nH]cc3ccc1c32. The van der Waals surface area contributed by atoms with Gasteiger partial charge in [0.25, 0.3) is 5.56 Å². The number of hydrogen-bond donors (Lipinski definition) is 2. The average Bonchev–Trinajstić information content (AvgIpc) is 2.54. The van der Waals surface area contributed by atoms with Crippen molar-refractivity contribution in [3.63, 3.8) is 0 Å². The molecule has 0 amide bonds. The first-order valence-corrected chi connectivity index (χ1v) is 4.16. The average molecular weight is 186 g/mol. The Morgan fingerprint density at radius 1 is 1.29 bits per heavy atom. The number of rotatable bonds is 0. The van der Waals surface area contributed by atoms with E-state index in [0.29, 0.717) is 10.9 Å². The van der Waals surface area contributed by atoms with Gasteiger partial charge in [-0.2, -0.15) is 10.2 Å². The van der Waals surface area contributed by atoms with Crippen molar-refractivity contribution in [2.75, 3.05) is 0 Å². The highest BCUT2D eigenvalue weighted by molar-refractivity contribution is 6.08. The van der Waals surface area contributed by atoms with Gasteiger partial charge in [0.05, 0.1) is 11.6 Å². The van der Waals surface area contributed by atoms with E-state index in [1.807, 2.05) is 6.07 Å². The molecule has 2 N–H and O–H groups in total. The van der Waals surface area contributed by atoms with E-state index in [0.717, 1.165) is 10.8 Å².